The molecule has 0 bridgehead atoms. The van der Waals surface area contributed by atoms with E-state index >= 15 is 0 Å². The molecule has 0 spiro atoms. The number of carbonyl (C=O) groups is 1. The van der Waals surface area contributed by atoms with Crippen LogP contribution in [0, 0.1) is 0 Å². The van der Waals surface area contributed by atoms with Crippen LogP contribution in [-0.4, -0.2) is 17.5 Å². The third-order valence-electron chi connectivity index (χ3n) is 4.14. The summed E-state index contributed by atoms with van der Waals surface area (Å²) in [4.78, 5) is 18.2. The highest BCUT2D eigenvalue weighted by Crippen LogP contribution is 2.23. The summed E-state index contributed by atoms with van der Waals surface area (Å²) in [6.07, 6.45) is 6.51. The van der Waals surface area contributed by atoms with Gasteiger partial charge >= 0.3 is 0 Å². The molecule has 2 heterocycles. The second kappa shape index (κ2) is 9.34. The van der Waals surface area contributed by atoms with Crippen LogP contribution in [0.1, 0.15) is 47.8 Å². The van der Waals surface area contributed by atoms with Gasteiger partial charge in [-0.05, 0) is 36.2 Å². The Labute approximate surface area is 158 Å². The Morgan fingerprint density at radius 1 is 1.15 bits per heavy atom. The van der Waals surface area contributed by atoms with Crippen molar-refractivity contribution < 1.29 is 9.53 Å². The molecule has 0 unspecified atom stereocenters. The number of benzene rings is 1. The smallest absolute Gasteiger partial charge is 0.261 e. The number of unbranched alkanes of at least 4 members (excludes halogenated alkanes) is 3. The quantitative estimate of drug-likeness (QED) is 0.529. The zero-order valence-electron chi connectivity index (χ0n) is 15.0. The number of hydrogen-bond donors (Lipinski definition) is 1. The minimum atomic E-state index is -0.0705. The molecule has 1 amide bonds. The van der Waals surface area contributed by atoms with Crippen molar-refractivity contribution in [1.29, 1.82) is 0 Å². The number of rotatable bonds is 9. The number of nitrogens with one attached hydrogen (secondary N) is 1. The number of thiophene rings is 1. The van der Waals surface area contributed by atoms with Gasteiger partial charge in [-0.3, -0.25) is 4.79 Å². The Hall–Kier alpha value is -2.40. The molecule has 3 aromatic rings. The topological polar surface area (TPSA) is 51.2 Å². The van der Waals surface area contributed by atoms with Crippen LogP contribution in [0.15, 0.2) is 48.7 Å². The summed E-state index contributed by atoms with van der Waals surface area (Å²) in [6, 6.07) is 13.7. The van der Waals surface area contributed by atoms with E-state index in [0.717, 1.165) is 34.6 Å². The van der Waals surface area contributed by atoms with E-state index in [2.05, 4.69) is 17.2 Å². The molecule has 0 aliphatic heterocycles. The Bertz CT molecular complexity index is 827. The van der Waals surface area contributed by atoms with E-state index < -0.39 is 0 Å². The van der Waals surface area contributed by atoms with Crippen LogP contribution in [0.3, 0.4) is 0 Å². The SMILES string of the molecule is CCCCCCOc1cccc(CNC(=O)c2cc3cccnc3s2)c1. The fourth-order valence-corrected chi connectivity index (χ4v) is 3.64. The van der Waals surface area contributed by atoms with E-state index in [0.29, 0.717) is 11.4 Å². The van der Waals surface area contributed by atoms with Gasteiger partial charge in [0, 0.05) is 18.1 Å². The largest absolute Gasteiger partial charge is 0.494 e. The first-order valence-electron chi connectivity index (χ1n) is 9.11. The molecule has 4 nitrogen and oxygen atoms in total. The van der Waals surface area contributed by atoms with Gasteiger partial charge in [-0.2, -0.15) is 0 Å². The van der Waals surface area contributed by atoms with Crippen molar-refractivity contribution in [2.45, 2.75) is 39.2 Å². The maximum absolute atomic E-state index is 12.4. The first-order valence-corrected chi connectivity index (χ1v) is 9.92. The molecule has 0 atom stereocenters. The van der Waals surface area contributed by atoms with E-state index in [4.69, 9.17) is 4.74 Å². The van der Waals surface area contributed by atoms with Gasteiger partial charge in [0.05, 0.1) is 11.5 Å². The summed E-state index contributed by atoms with van der Waals surface area (Å²) >= 11 is 1.41. The summed E-state index contributed by atoms with van der Waals surface area (Å²) in [6.45, 7) is 3.42. The van der Waals surface area contributed by atoms with Crippen LogP contribution in [0.2, 0.25) is 0 Å². The average Bonchev–Trinajstić information content (AvgIpc) is 3.11. The summed E-state index contributed by atoms with van der Waals surface area (Å²) in [7, 11) is 0. The lowest BCUT2D eigenvalue weighted by molar-refractivity contribution is 0.0955. The first kappa shape index (κ1) is 18.4. The molecule has 26 heavy (non-hydrogen) atoms. The van der Waals surface area contributed by atoms with Crippen molar-refractivity contribution in [3.05, 3.63) is 59.1 Å². The van der Waals surface area contributed by atoms with Crippen molar-refractivity contribution in [2.24, 2.45) is 0 Å². The molecule has 136 valence electrons. The highest BCUT2D eigenvalue weighted by molar-refractivity contribution is 7.20. The van der Waals surface area contributed by atoms with Crippen LogP contribution < -0.4 is 10.1 Å². The van der Waals surface area contributed by atoms with Gasteiger partial charge in [-0.1, -0.05) is 44.4 Å². The second-order valence-electron chi connectivity index (χ2n) is 6.25. The third kappa shape index (κ3) is 5.05. The van der Waals surface area contributed by atoms with E-state index in [1.54, 1.807) is 6.20 Å². The fraction of sp³-hybridized carbons (Fsp3) is 0.333. The minimum Gasteiger partial charge on any atom is -0.494 e. The number of carbonyl (C=O) groups excluding carboxylic acids is 1. The average molecular weight is 369 g/mol. The lowest BCUT2D eigenvalue weighted by atomic mass is 10.2. The van der Waals surface area contributed by atoms with Crippen molar-refractivity contribution in [1.82, 2.24) is 10.3 Å². The van der Waals surface area contributed by atoms with Crippen LogP contribution in [0.4, 0.5) is 0 Å². The Morgan fingerprint density at radius 2 is 2.08 bits per heavy atom. The number of amides is 1. The lowest BCUT2D eigenvalue weighted by Crippen LogP contribution is -2.21. The highest BCUT2D eigenvalue weighted by Gasteiger charge is 2.10. The third-order valence-corrected chi connectivity index (χ3v) is 5.19. The second-order valence-corrected chi connectivity index (χ2v) is 7.28. The van der Waals surface area contributed by atoms with Crippen LogP contribution in [0.25, 0.3) is 10.2 Å². The van der Waals surface area contributed by atoms with Crippen LogP contribution in [-0.2, 0) is 6.54 Å². The molecular formula is C21H24N2O2S. The molecule has 0 fully saturated rings. The fourth-order valence-electron chi connectivity index (χ4n) is 2.72. The van der Waals surface area contributed by atoms with Gasteiger partial charge in [-0.25, -0.2) is 4.98 Å². The van der Waals surface area contributed by atoms with E-state index in [-0.39, 0.29) is 5.91 Å². The number of nitrogens with zero attached hydrogens (tertiary/aromatic N) is 1. The molecule has 0 saturated carbocycles. The summed E-state index contributed by atoms with van der Waals surface area (Å²) < 4.78 is 5.81. The number of hydrogen-bond acceptors (Lipinski definition) is 4. The maximum atomic E-state index is 12.4. The number of pyridine rings is 1. The van der Waals surface area contributed by atoms with Gasteiger partial charge in [0.2, 0.25) is 0 Å². The van der Waals surface area contributed by atoms with Crippen molar-refractivity contribution in [3.63, 3.8) is 0 Å². The van der Waals surface area contributed by atoms with Crippen molar-refractivity contribution in [3.8, 4) is 5.75 Å². The van der Waals surface area contributed by atoms with E-state index in [1.807, 2.05) is 42.5 Å². The lowest BCUT2D eigenvalue weighted by Gasteiger charge is -2.08. The Kier molecular flexibility index (Phi) is 6.61. The standard InChI is InChI=1S/C21H24N2O2S/c1-2-3-4-5-12-25-18-10-6-8-16(13-18)15-23-20(24)19-14-17-9-7-11-22-21(17)26-19/h6-11,13-14H,2-5,12,15H2,1H3,(H,23,24). The summed E-state index contributed by atoms with van der Waals surface area (Å²) in [5, 5.41) is 3.98. The van der Waals surface area contributed by atoms with E-state index in [9.17, 15) is 4.79 Å². The van der Waals surface area contributed by atoms with Crippen molar-refractivity contribution >= 4 is 27.5 Å². The van der Waals surface area contributed by atoms with Crippen LogP contribution in [0.5, 0.6) is 5.75 Å². The minimum absolute atomic E-state index is 0.0705. The normalized spacial score (nSPS) is 10.8. The Balaban J connectivity index is 1.52. The number of fused-ring (bicyclic) bond motifs is 1. The molecule has 1 N–H and O–H groups in total. The molecule has 0 aliphatic carbocycles. The Morgan fingerprint density at radius 3 is 2.92 bits per heavy atom. The van der Waals surface area contributed by atoms with Gasteiger partial charge in [0.25, 0.3) is 5.91 Å². The first-order chi connectivity index (χ1) is 12.8. The molecule has 1 aromatic carbocycles. The molecule has 2 aromatic heterocycles. The molecule has 0 aliphatic rings. The molecule has 0 saturated heterocycles. The molecule has 3 rings (SSSR count). The van der Waals surface area contributed by atoms with Gasteiger partial charge < -0.3 is 10.1 Å². The van der Waals surface area contributed by atoms with Gasteiger partial charge in [0.15, 0.2) is 0 Å². The molecule has 0 radical (unpaired) electrons. The predicted octanol–water partition coefficient (Wildman–Crippen LogP) is 5.19. The monoisotopic (exact) mass is 368 g/mol. The summed E-state index contributed by atoms with van der Waals surface area (Å²) in [5.41, 5.74) is 1.03. The van der Waals surface area contributed by atoms with Gasteiger partial charge in [-0.15, -0.1) is 11.3 Å². The number of ether oxygens (including phenoxy) is 1. The maximum Gasteiger partial charge on any atom is 0.261 e. The number of aromatic nitrogens is 1. The van der Waals surface area contributed by atoms with Gasteiger partial charge in [0.1, 0.15) is 10.6 Å². The van der Waals surface area contributed by atoms with Crippen molar-refractivity contribution in [2.75, 3.05) is 6.61 Å². The zero-order valence-corrected chi connectivity index (χ0v) is 15.8. The van der Waals surface area contributed by atoms with Crippen LogP contribution >= 0.6 is 11.3 Å². The van der Waals surface area contributed by atoms with E-state index in [1.165, 1.54) is 30.6 Å². The highest BCUT2D eigenvalue weighted by atomic mass is 32.1. The molecular weight excluding hydrogens is 344 g/mol. The predicted molar refractivity (Wildman–Crippen MR) is 107 cm³/mol. The molecule has 5 heteroatoms. The zero-order chi connectivity index (χ0) is 18.2. The summed E-state index contributed by atoms with van der Waals surface area (Å²) in [5.74, 6) is 0.790.